The van der Waals surface area contributed by atoms with Crippen molar-refractivity contribution in [3.63, 3.8) is 0 Å². The highest BCUT2D eigenvalue weighted by Gasteiger charge is 2.12. The van der Waals surface area contributed by atoms with Crippen LogP contribution in [0.4, 0.5) is 5.82 Å². The zero-order chi connectivity index (χ0) is 16.8. The standard InChI is InChI=1S/C15H17N3O5/c1-9-4-13(18-23-9)17-14(19)8-16-15(20)10-5-11(21-2)7-12(6-10)22-3/h4-7H,8H2,1-3H3,(H,16,20)(H,17,18,19). The number of aromatic nitrogens is 1. The van der Waals surface area contributed by atoms with E-state index in [1.54, 1.807) is 31.2 Å². The Morgan fingerprint density at radius 3 is 2.30 bits per heavy atom. The minimum atomic E-state index is -0.423. The van der Waals surface area contributed by atoms with E-state index in [9.17, 15) is 9.59 Å². The van der Waals surface area contributed by atoms with E-state index >= 15 is 0 Å². The van der Waals surface area contributed by atoms with Crippen molar-refractivity contribution in [1.29, 1.82) is 0 Å². The number of methoxy groups -OCH3 is 2. The molecule has 1 aromatic carbocycles. The Hall–Kier alpha value is -3.03. The Bertz CT molecular complexity index is 689. The molecule has 0 spiro atoms. The summed E-state index contributed by atoms with van der Waals surface area (Å²) in [5, 5.41) is 8.65. The lowest BCUT2D eigenvalue weighted by molar-refractivity contribution is -0.115. The van der Waals surface area contributed by atoms with Crippen LogP contribution in [0.15, 0.2) is 28.8 Å². The van der Waals surface area contributed by atoms with Crippen LogP contribution in [0.25, 0.3) is 0 Å². The van der Waals surface area contributed by atoms with Gasteiger partial charge >= 0.3 is 0 Å². The van der Waals surface area contributed by atoms with Crippen LogP contribution in [0.5, 0.6) is 11.5 Å². The van der Waals surface area contributed by atoms with Crippen LogP contribution in [-0.2, 0) is 4.79 Å². The summed E-state index contributed by atoms with van der Waals surface area (Å²) in [5.74, 6) is 1.00. The van der Waals surface area contributed by atoms with Crippen LogP contribution in [0.2, 0.25) is 0 Å². The van der Waals surface area contributed by atoms with Gasteiger partial charge in [0.1, 0.15) is 17.3 Å². The highest BCUT2D eigenvalue weighted by molar-refractivity contribution is 5.99. The lowest BCUT2D eigenvalue weighted by Crippen LogP contribution is -2.32. The van der Waals surface area contributed by atoms with E-state index in [1.807, 2.05) is 0 Å². The molecule has 2 aromatic rings. The summed E-state index contributed by atoms with van der Waals surface area (Å²) in [7, 11) is 2.98. The Balaban J connectivity index is 1.95. The molecule has 0 atom stereocenters. The molecule has 1 heterocycles. The van der Waals surface area contributed by atoms with Crippen LogP contribution in [0, 0.1) is 6.92 Å². The first kappa shape index (κ1) is 16.3. The van der Waals surface area contributed by atoms with Gasteiger partial charge in [0.25, 0.3) is 5.91 Å². The molecule has 0 fully saturated rings. The van der Waals surface area contributed by atoms with Crippen molar-refractivity contribution >= 4 is 17.6 Å². The Morgan fingerprint density at radius 2 is 1.78 bits per heavy atom. The topological polar surface area (TPSA) is 103 Å². The molecule has 23 heavy (non-hydrogen) atoms. The van der Waals surface area contributed by atoms with Crippen LogP contribution in [-0.4, -0.2) is 37.7 Å². The third kappa shape index (κ3) is 4.47. The molecule has 8 heteroatoms. The van der Waals surface area contributed by atoms with Crippen LogP contribution in [0.3, 0.4) is 0 Å². The quantitative estimate of drug-likeness (QED) is 0.833. The fraction of sp³-hybridized carbons (Fsp3) is 0.267. The van der Waals surface area contributed by atoms with Gasteiger partial charge in [0.15, 0.2) is 5.82 Å². The van der Waals surface area contributed by atoms with Gasteiger partial charge in [0.2, 0.25) is 5.91 Å². The number of anilines is 1. The van der Waals surface area contributed by atoms with Crippen LogP contribution in [0.1, 0.15) is 16.1 Å². The summed E-state index contributed by atoms with van der Waals surface area (Å²) >= 11 is 0. The van der Waals surface area contributed by atoms with Gasteiger partial charge in [-0.3, -0.25) is 9.59 Å². The highest BCUT2D eigenvalue weighted by Crippen LogP contribution is 2.22. The monoisotopic (exact) mass is 319 g/mol. The van der Waals surface area contributed by atoms with E-state index in [4.69, 9.17) is 14.0 Å². The SMILES string of the molecule is COc1cc(OC)cc(C(=O)NCC(=O)Nc2cc(C)on2)c1. The Labute approximate surface area is 132 Å². The zero-order valence-corrected chi connectivity index (χ0v) is 13.0. The highest BCUT2D eigenvalue weighted by atomic mass is 16.5. The third-order valence-electron chi connectivity index (χ3n) is 2.92. The molecule has 0 radical (unpaired) electrons. The molecule has 2 amide bonds. The van der Waals surface area contributed by atoms with E-state index in [-0.39, 0.29) is 6.54 Å². The molecule has 8 nitrogen and oxygen atoms in total. The summed E-state index contributed by atoms with van der Waals surface area (Å²) in [6.45, 7) is 1.50. The average molecular weight is 319 g/mol. The fourth-order valence-electron chi connectivity index (χ4n) is 1.81. The van der Waals surface area contributed by atoms with Crippen molar-refractivity contribution in [2.24, 2.45) is 0 Å². The second-order valence-corrected chi connectivity index (χ2v) is 4.65. The molecule has 0 unspecified atom stereocenters. The number of amides is 2. The molecular formula is C15H17N3O5. The largest absolute Gasteiger partial charge is 0.497 e. The average Bonchev–Trinajstić information content (AvgIpc) is 2.96. The lowest BCUT2D eigenvalue weighted by Gasteiger charge is -2.09. The number of carbonyl (C=O) groups is 2. The molecule has 2 N–H and O–H groups in total. The van der Waals surface area contributed by atoms with E-state index in [1.165, 1.54) is 14.2 Å². The lowest BCUT2D eigenvalue weighted by atomic mass is 10.2. The number of nitrogens with zero attached hydrogens (tertiary/aromatic N) is 1. The van der Waals surface area contributed by atoms with Crippen molar-refractivity contribution in [2.45, 2.75) is 6.92 Å². The van der Waals surface area contributed by atoms with Gasteiger partial charge in [-0.25, -0.2) is 0 Å². The Morgan fingerprint density at radius 1 is 1.13 bits per heavy atom. The smallest absolute Gasteiger partial charge is 0.251 e. The van der Waals surface area contributed by atoms with Crippen LogP contribution >= 0.6 is 0 Å². The normalized spacial score (nSPS) is 10.0. The maximum absolute atomic E-state index is 12.1. The number of rotatable bonds is 6. The fourth-order valence-corrected chi connectivity index (χ4v) is 1.81. The van der Waals surface area contributed by atoms with Crippen molar-refractivity contribution in [2.75, 3.05) is 26.1 Å². The van der Waals surface area contributed by atoms with Gasteiger partial charge in [-0.15, -0.1) is 0 Å². The molecule has 0 saturated carbocycles. The maximum Gasteiger partial charge on any atom is 0.251 e. The minimum absolute atomic E-state index is 0.204. The van der Waals surface area contributed by atoms with Gasteiger partial charge in [-0.1, -0.05) is 5.16 Å². The van der Waals surface area contributed by atoms with E-state index in [2.05, 4.69) is 15.8 Å². The molecule has 122 valence electrons. The van der Waals surface area contributed by atoms with Crippen molar-refractivity contribution < 1.29 is 23.6 Å². The van der Waals surface area contributed by atoms with Crippen molar-refractivity contribution in [1.82, 2.24) is 10.5 Å². The first-order valence-electron chi connectivity index (χ1n) is 6.76. The van der Waals surface area contributed by atoms with Gasteiger partial charge in [0, 0.05) is 17.7 Å². The van der Waals surface area contributed by atoms with E-state index in [0.29, 0.717) is 28.6 Å². The predicted octanol–water partition coefficient (Wildman–Crippen LogP) is 1.37. The summed E-state index contributed by atoms with van der Waals surface area (Å²) < 4.78 is 15.0. The molecular weight excluding hydrogens is 302 g/mol. The van der Waals surface area contributed by atoms with Crippen LogP contribution < -0.4 is 20.1 Å². The Kier molecular flexibility index (Phi) is 5.19. The number of nitrogens with one attached hydrogen (secondary N) is 2. The number of ether oxygens (including phenoxy) is 2. The first-order chi connectivity index (χ1) is 11.0. The summed E-state index contributed by atoms with van der Waals surface area (Å²) in [6, 6.07) is 6.33. The van der Waals surface area contributed by atoms with Gasteiger partial charge < -0.3 is 24.6 Å². The second-order valence-electron chi connectivity index (χ2n) is 4.65. The summed E-state index contributed by atoms with van der Waals surface area (Å²) in [6.07, 6.45) is 0. The van der Waals surface area contributed by atoms with Crippen molar-refractivity contribution in [3.8, 4) is 11.5 Å². The predicted molar refractivity (Wildman–Crippen MR) is 81.7 cm³/mol. The van der Waals surface area contributed by atoms with Gasteiger partial charge in [-0.2, -0.15) is 0 Å². The third-order valence-corrected chi connectivity index (χ3v) is 2.92. The number of hydrogen-bond donors (Lipinski definition) is 2. The number of hydrogen-bond acceptors (Lipinski definition) is 6. The zero-order valence-electron chi connectivity index (χ0n) is 13.0. The molecule has 1 aromatic heterocycles. The van der Waals surface area contributed by atoms with E-state index < -0.39 is 11.8 Å². The van der Waals surface area contributed by atoms with Gasteiger partial charge in [-0.05, 0) is 19.1 Å². The molecule has 0 saturated heterocycles. The number of aryl methyl sites for hydroxylation is 1. The molecule has 0 aliphatic carbocycles. The number of benzene rings is 1. The molecule has 0 bridgehead atoms. The first-order valence-corrected chi connectivity index (χ1v) is 6.76. The second kappa shape index (κ2) is 7.30. The molecule has 2 rings (SSSR count). The van der Waals surface area contributed by atoms with E-state index in [0.717, 1.165) is 0 Å². The summed E-state index contributed by atoms with van der Waals surface area (Å²) in [4.78, 5) is 23.9. The minimum Gasteiger partial charge on any atom is -0.497 e. The molecule has 0 aliphatic rings. The van der Waals surface area contributed by atoms with Gasteiger partial charge in [0.05, 0.1) is 20.8 Å². The maximum atomic E-state index is 12.1. The molecule has 0 aliphatic heterocycles. The number of carbonyl (C=O) groups excluding carboxylic acids is 2. The summed E-state index contributed by atoms with van der Waals surface area (Å²) in [5.41, 5.74) is 0.325. The van der Waals surface area contributed by atoms with Crippen molar-refractivity contribution in [3.05, 3.63) is 35.6 Å².